The summed E-state index contributed by atoms with van der Waals surface area (Å²) in [5.41, 5.74) is 6.39. The van der Waals surface area contributed by atoms with Crippen molar-refractivity contribution in [3.8, 4) is 11.3 Å². The summed E-state index contributed by atoms with van der Waals surface area (Å²) >= 11 is 0. The summed E-state index contributed by atoms with van der Waals surface area (Å²) in [7, 11) is 1.88. The van der Waals surface area contributed by atoms with E-state index in [1.54, 1.807) is 0 Å². The van der Waals surface area contributed by atoms with Crippen molar-refractivity contribution in [2.45, 2.75) is 46.6 Å². The van der Waals surface area contributed by atoms with Gasteiger partial charge in [0.15, 0.2) is 5.65 Å². The molecule has 0 unspecified atom stereocenters. The highest BCUT2D eigenvalue weighted by Gasteiger charge is 2.18. The maximum atomic E-state index is 9.51. The maximum Gasteiger partial charge on any atom is 0.159 e. The van der Waals surface area contributed by atoms with E-state index in [9.17, 15) is 5.11 Å². The maximum absolute atomic E-state index is 9.51. The lowest BCUT2D eigenvalue weighted by Gasteiger charge is -2.14. The van der Waals surface area contributed by atoms with E-state index in [1.165, 1.54) is 0 Å². The number of aliphatic hydroxyl groups excluding tert-OH is 1. The first-order valence-corrected chi connectivity index (χ1v) is 9.03. The third kappa shape index (κ3) is 3.05. The Morgan fingerprint density at radius 1 is 1.12 bits per heavy atom. The predicted molar refractivity (Wildman–Crippen MR) is 106 cm³/mol. The molecule has 6 heteroatoms. The van der Waals surface area contributed by atoms with Crippen LogP contribution in [0.5, 0.6) is 0 Å². The van der Waals surface area contributed by atoms with Crippen molar-refractivity contribution in [2.75, 3.05) is 19.0 Å². The molecule has 0 bridgehead atoms. The standard InChI is InChI=1S/C20H27N5O/c1-11(2)16-8-7-15(19(21-6)23-16)18-14(5)22-20-17(24-18)12(3)9-25(20)13(4)10-26/h7-9,11,13,26H,10H2,1-6H3,(H,21,23)/t13-/m1/s1. The van der Waals surface area contributed by atoms with Crippen molar-refractivity contribution in [1.29, 1.82) is 0 Å². The lowest BCUT2D eigenvalue weighted by atomic mass is 10.1. The van der Waals surface area contributed by atoms with Crippen LogP contribution in [0.25, 0.3) is 22.4 Å². The van der Waals surface area contributed by atoms with Crippen molar-refractivity contribution in [3.63, 3.8) is 0 Å². The molecule has 0 fully saturated rings. The largest absolute Gasteiger partial charge is 0.394 e. The quantitative estimate of drug-likeness (QED) is 0.729. The van der Waals surface area contributed by atoms with E-state index in [4.69, 9.17) is 15.0 Å². The zero-order valence-corrected chi connectivity index (χ0v) is 16.3. The molecule has 138 valence electrons. The van der Waals surface area contributed by atoms with E-state index < -0.39 is 0 Å². The minimum absolute atomic E-state index is 0.0365. The minimum Gasteiger partial charge on any atom is -0.394 e. The molecule has 0 aliphatic heterocycles. The minimum atomic E-state index is -0.0365. The highest BCUT2D eigenvalue weighted by Crippen LogP contribution is 2.31. The van der Waals surface area contributed by atoms with Gasteiger partial charge in [-0.05, 0) is 44.4 Å². The van der Waals surface area contributed by atoms with Crippen LogP contribution in [0.3, 0.4) is 0 Å². The Labute approximate surface area is 154 Å². The van der Waals surface area contributed by atoms with Gasteiger partial charge in [-0.25, -0.2) is 15.0 Å². The number of hydrogen-bond donors (Lipinski definition) is 2. The molecule has 0 saturated carbocycles. The zero-order valence-electron chi connectivity index (χ0n) is 16.3. The molecule has 3 aromatic heterocycles. The summed E-state index contributed by atoms with van der Waals surface area (Å²) in [6.45, 7) is 10.3. The highest BCUT2D eigenvalue weighted by molar-refractivity contribution is 5.82. The lowest BCUT2D eigenvalue weighted by molar-refractivity contribution is 0.241. The molecule has 0 aliphatic carbocycles. The third-order valence-corrected chi connectivity index (χ3v) is 4.74. The summed E-state index contributed by atoms with van der Waals surface area (Å²) in [6.07, 6.45) is 2.01. The van der Waals surface area contributed by atoms with Crippen LogP contribution < -0.4 is 5.32 Å². The van der Waals surface area contributed by atoms with E-state index in [0.29, 0.717) is 5.92 Å². The summed E-state index contributed by atoms with van der Waals surface area (Å²) in [5, 5.41) is 12.7. The van der Waals surface area contributed by atoms with Crippen molar-refractivity contribution < 1.29 is 5.11 Å². The molecule has 0 saturated heterocycles. The van der Waals surface area contributed by atoms with Crippen LogP contribution >= 0.6 is 0 Å². The van der Waals surface area contributed by atoms with Crippen LogP contribution in [0.2, 0.25) is 0 Å². The fourth-order valence-electron chi connectivity index (χ4n) is 3.14. The highest BCUT2D eigenvalue weighted by atomic mass is 16.3. The number of nitrogens with one attached hydrogen (secondary N) is 1. The molecule has 1 atom stereocenters. The van der Waals surface area contributed by atoms with Gasteiger partial charge in [0.05, 0.1) is 24.0 Å². The first-order valence-electron chi connectivity index (χ1n) is 9.03. The van der Waals surface area contributed by atoms with E-state index in [0.717, 1.165) is 45.2 Å². The van der Waals surface area contributed by atoms with Crippen molar-refractivity contribution in [3.05, 3.63) is 35.3 Å². The molecule has 0 amide bonds. The van der Waals surface area contributed by atoms with Crippen LogP contribution in [0.1, 0.15) is 49.7 Å². The molecule has 6 nitrogen and oxygen atoms in total. The Morgan fingerprint density at radius 3 is 2.46 bits per heavy atom. The number of fused-ring (bicyclic) bond motifs is 1. The van der Waals surface area contributed by atoms with Gasteiger partial charge in [0, 0.05) is 24.5 Å². The molecule has 3 aromatic rings. The number of aromatic nitrogens is 4. The molecule has 0 radical (unpaired) electrons. The van der Waals surface area contributed by atoms with Gasteiger partial charge in [0.2, 0.25) is 0 Å². The van der Waals surface area contributed by atoms with Gasteiger partial charge in [-0.3, -0.25) is 0 Å². The molecule has 2 N–H and O–H groups in total. The van der Waals surface area contributed by atoms with Crippen LogP contribution in [0.4, 0.5) is 5.82 Å². The van der Waals surface area contributed by atoms with Crippen LogP contribution in [0.15, 0.2) is 18.3 Å². The second kappa shape index (κ2) is 7.03. The van der Waals surface area contributed by atoms with Crippen LogP contribution in [-0.4, -0.2) is 38.3 Å². The second-order valence-electron chi connectivity index (χ2n) is 7.12. The lowest BCUT2D eigenvalue weighted by Crippen LogP contribution is -2.09. The number of nitrogens with zero attached hydrogens (tertiary/aromatic N) is 4. The van der Waals surface area contributed by atoms with Crippen molar-refractivity contribution in [1.82, 2.24) is 19.5 Å². The van der Waals surface area contributed by atoms with Crippen molar-refractivity contribution >= 4 is 17.0 Å². The predicted octanol–water partition coefficient (Wildman–Crippen LogP) is 3.83. The normalized spacial score (nSPS) is 12.8. The summed E-state index contributed by atoms with van der Waals surface area (Å²) < 4.78 is 1.99. The van der Waals surface area contributed by atoms with Crippen LogP contribution in [-0.2, 0) is 0 Å². The van der Waals surface area contributed by atoms with Gasteiger partial charge < -0.3 is 15.0 Å². The first-order chi connectivity index (χ1) is 12.4. The summed E-state index contributed by atoms with van der Waals surface area (Å²) in [6, 6.07) is 4.09. The molecule has 0 aromatic carbocycles. The average Bonchev–Trinajstić information content (AvgIpc) is 2.95. The Balaban J connectivity index is 2.21. The van der Waals surface area contributed by atoms with Gasteiger partial charge in [-0.2, -0.15) is 0 Å². The Morgan fingerprint density at radius 2 is 1.85 bits per heavy atom. The smallest absolute Gasteiger partial charge is 0.159 e. The Kier molecular flexibility index (Phi) is 4.96. The van der Waals surface area contributed by atoms with E-state index >= 15 is 0 Å². The van der Waals surface area contributed by atoms with Gasteiger partial charge in [-0.15, -0.1) is 0 Å². The number of rotatable bonds is 5. The van der Waals surface area contributed by atoms with Gasteiger partial charge >= 0.3 is 0 Å². The number of anilines is 1. The molecule has 0 spiro atoms. The van der Waals surface area contributed by atoms with Crippen LogP contribution in [0, 0.1) is 13.8 Å². The zero-order chi connectivity index (χ0) is 19.0. The molecule has 26 heavy (non-hydrogen) atoms. The molecule has 0 aliphatic rings. The summed E-state index contributed by atoms with van der Waals surface area (Å²) in [4.78, 5) is 14.5. The fourth-order valence-corrected chi connectivity index (χ4v) is 3.14. The molecule has 3 rings (SSSR count). The van der Waals surface area contributed by atoms with E-state index in [-0.39, 0.29) is 12.6 Å². The van der Waals surface area contributed by atoms with Gasteiger partial charge in [0.25, 0.3) is 0 Å². The Bertz CT molecular complexity index is 945. The molecular weight excluding hydrogens is 326 g/mol. The average molecular weight is 353 g/mol. The SMILES string of the molecule is CNc1nc(C(C)C)ccc1-c1nc2c(C)cn([C@H](C)CO)c2nc1C. The number of hydrogen-bond acceptors (Lipinski definition) is 5. The number of aliphatic hydroxyl groups is 1. The Hall–Kier alpha value is -2.47. The monoisotopic (exact) mass is 353 g/mol. The second-order valence-corrected chi connectivity index (χ2v) is 7.12. The molecular formula is C20H27N5O. The number of pyridine rings is 1. The van der Waals surface area contributed by atoms with Crippen molar-refractivity contribution in [2.24, 2.45) is 0 Å². The topological polar surface area (TPSA) is 75.9 Å². The fraction of sp³-hybridized carbons (Fsp3) is 0.450. The van der Waals surface area contributed by atoms with E-state index in [1.807, 2.05) is 38.6 Å². The van der Waals surface area contributed by atoms with E-state index in [2.05, 4.69) is 31.3 Å². The number of aryl methyl sites for hydroxylation is 2. The first kappa shape index (κ1) is 18.3. The van der Waals surface area contributed by atoms with Gasteiger partial charge in [0.1, 0.15) is 11.3 Å². The van der Waals surface area contributed by atoms with Gasteiger partial charge in [-0.1, -0.05) is 13.8 Å². The summed E-state index contributed by atoms with van der Waals surface area (Å²) in [5.74, 6) is 1.18. The third-order valence-electron chi connectivity index (χ3n) is 4.74. The molecule has 3 heterocycles.